The van der Waals surface area contributed by atoms with Crippen LogP contribution in [0, 0.1) is 0 Å². The minimum absolute atomic E-state index is 0.0946. The Morgan fingerprint density at radius 2 is 1.82 bits per heavy atom. The van der Waals surface area contributed by atoms with Crippen molar-refractivity contribution in [3.05, 3.63) is 24.0 Å². The van der Waals surface area contributed by atoms with E-state index in [0.717, 1.165) is 44.6 Å². The molecule has 0 spiro atoms. The highest BCUT2D eigenvalue weighted by molar-refractivity contribution is 5.92. The number of pyridine rings is 1. The van der Waals surface area contributed by atoms with Crippen LogP contribution in [0.3, 0.4) is 0 Å². The highest BCUT2D eigenvalue weighted by Crippen LogP contribution is 2.14. The van der Waals surface area contributed by atoms with Crippen molar-refractivity contribution in [2.24, 2.45) is 0 Å². The van der Waals surface area contributed by atoms with Crippen molar-refractivity contribution in [3.63, 3.8) is 0 Å². The lowest BCUT2D eigenvalue weighted by Crippen LogP contribution is -2.28. The summed E-state index contributed by atoms with van der Waals surface area (Å²) >= 11 is 0. The van der Waals surface area contributed by atoms with Crippen LogP contribution in [-0.2, 0) is 0 Å². The first-order chi connectivity index (χ1) is 10.6. The Labute approximate surface area is 134 Å². The first-order valence-corrected chi connectivity index (χ1v) is 8.22. The van der Waals surface area contributed by atoms with Crippen LogP contribution in [0.1, 0.15) is 43.6 Å². The van der Waals surface area contributed by atoms with E-state index in [0.29, 0.717) is 12.2 Å². The number of nitrogens with zero attached hydrogens (tertiary/aromatic N) is 3. The second kappa shape index (κ2) is 10.2. The Hall–Kier alpha value is -1.62. The van der Waals surface area contributed by atoms with Crippen molar-refractivity contribution >= 4 is 11.6 Å². The minimum atomic E-state index is -0.0946. The van der Waals surface area contributed by atoms with Gasteiger partial charge in [0.25, 0.3) is 5.91 Å². The van der Waals surface area contributed by atoms with Gasteiger partial charge in [-0.1, -0.05) is 13.8 Å². The molecule has 1 N–H and O–H groups in total. The average Bonchev–Trinajstić information content (AvgIpc) is 2.51. The summed E-state index contributed by atoms with van der Waals surface area (Å²) in [6, 6.07) is 3.81. The SMILES string of the molecule is CCCN(CCC)c1ccc(C(=O)NCCCN(C)C)nc1. The van der Waals surface area contributed by atoms with Crippen LogP contribution in [0.2, 0.25) is 0 Å². The van der Waals surface area contributed by atoms with Crippen molar-refractivity contribution in [3.8, 4) is 0 Å². The van der Waals surface area contributed by atoms with Gasteiger partial charge in [-0.15, -0.1) is 0 Å². The molecule has 22 heavy (non-hydrogen) atoms. The molecule has 5 nitrogen and oxygen atoms in total. The lowest BCUT2D eigenvalue weighted by Gasteiger charge is -2.23. The molecule has 0 aromatic carbocycles. The van der Waals surface area contributed by atoms with Crippen LogP contribution in [0.4, 0.5) is 5.69 Å². The van der Waals surface area contributed by atoms with Crippen LogP contribution in [0.15, 0.2) is 18.3 Å². The fourth-order valence-corrected chi connectivity index (χ4v) is 2.31. The van der Waals surface area contributed by atoms with Gasteiger partial charge >= 0.3 is 0 Å². The minimum Gasteiger partial charge on any atom is -0.370 e. The van der Waals surface area contributed by atoms with Crippen molar-refractivity contribution in [1.82, 2.24) is 15.2 Å². The molecule has 1 heterocycles. The summed E-state index contributed by atoms with van der Waals surface area (Å²) in [5, 5.41) is 2.91. The molecule has 0 saturated carbocycles. The van der Waals surface area contributed by atoms with E-state index in [4.69, 9.17) is 0 Å². The molecule has 0 fully saturated rings. The van der Waals surface area contributed by atoms with Gasteiger partial charge in [0.05, 0.1) is 11.9 Å². The largest absolute Gasteiger partial charge is 0.370 e. The predicted octanol–water partition coefficient (Wildman–Crippen LogP) is 2.39. The molecule has 0 aliphatic rings. The fourth-order valence-electron chi connectivity index (χ4n) is 2.31. The molecule has 0 atom stereocenters. The third-order valence-corrected chi connectivity index (χ3v) is 3.40. The third kappa shape index (κ3) is 6.43. The summed E-state index contributed by atoms with van der Waals surface area (Å²) in [5.74, 6) is -0.0946. The maximum Gasteiger partial charge on any atom is 0.269 e. The molecule has 0 unspecified atom stereocenters. The molecule has 0 saturated heterocycles. The number of anilines is 1. The van der Waals surface area contributed by atoms with Gasteiger partial charge in [-0.3, -0.25) is 4.79 Å². The number of carbonyl (C=O) groups is 1. The van der Waals surface area contributed by atoms with E-state index >= 15 is 0 Å². The lowest BCUT2D eigenvalue weighted by atomic mass is 10.2. The van der Waals surface area contributed by atoms with Crippen molar-refractivity contribution in [2.45, 2.75) is 33.1 Å². The lowest BCUT2D eigenvalue weighted by molar-refractivity contribution is 0.0947. The van der Waals surface area contributed by atoms with E-state index in [1.807, 2.05) is 26.2 Å². The zero-order chi connectivity index (χ0) is 16.4. The molecule has 124 valence electrons. The highest BCUT2D eigenvalue weighted by Gasteiger charge is 2.09. The molecule has 0 bridgehead atoms. The summed E-state index contributed by atoms with van der Waals surface area (Å²) < 4.78 is 0. The van der Waals surface area contributed by atoms with Crippen LogP contribution in [0.5, 0.6) is 0 Å². The summed E-state index contributed by atoms with van der Waals surface area (Å²) in [7, 11) is 4.06. The molecule has 0 aliphatic carbocycles. The number of nitrogens with one attached hydrogen (secondary N) is 1. The first-order valence-electron chi connectivity index (χ1n) is 8.22. The fraction of sp³-hybridized carbons (Fsp3) is 0.647. The molecule has 1 aromatic heterocycles. The Morgan fingerprint density at radius 1 is 1.14 bits per heavy atom. The molecule has 1 amide bonds. The van der Waals surface area contributed by atoms with E-state index in [-0.39, 0.29) is 5.91 Å². The Bertz CT molecular complexity index is 425. The number of carbonyl (C=O) groups excluding carboxylic acids is 1. The summed E-state index contributed by atoms with van der Waals surface area (Å²) in [6.45, 7) is 8.03. The average molecular weight is 306 g/mol. The number of rotatable bonds is 10. The molecular formula is C17H30N4O. The maximum atomic E-state index is 12.0. The first kappa shape index (κ1) is 18.4. The maximum absolute atomic E-state index is 12.0. The Kier molecular flexibility index (Phi) is 8.51. The third-order valence-electron chi connectivity index (χ3n) is 3.40. The van der Waals surface area contributed by atoms with E-state index < -0.39 is 0 Å². The van der Waals surface area contributed by atoms with E-state index in [2.05, 4.69) is 33.9 Å². The standard InChI is InChI=1S/C17H30N4O/c1-5-11-21(12-6-2)15-8-9-16(19-14-15)17(22)18-10-7-13-20(3)4/h8-9,14H,5-7,10-13H2,1-4H3,(H,18,22). The zero-order valence-corrected chi connectivity index (χ0v) is 14.4. The van der Waals surface area contributed by atoms with Gasteiger partial charge < -0.3 is 15.1 Å². The second-order valence-corrected chi connectivity index (χ2v) is 5.80. The van der Waals surface area contributed by atoms with Gasteiger partial charge in [-0.2, -0.15) is 0 Å². The second-order valence-electron chi connectivity index (χ2n) is 5.80. The van der Waals surface area contributed by atoms with Gasteiger partial charge in [0.2, 0.25) is 0 Å². The molecule has 1 rings (SSSR count). The molecule has 0 aliphatic heterocycles. The topological polar surface area (TPSA) is 48.5 Å². The molecule has 0 radical (unpaired) electrons. The molecule has 5 heteroatoms. The number of amides is 1. The van der Waals surface area contributed by atoms with Gasteiger partial charge in [-0.25, -0.2) is 4.98 Å². The molecule has 1 aromatic rings. The van der Waals surface area contributed by atoms with Crippen LogP contribution < -0.4 is 10.2 Å². The van der Waals surface area contributed by atoms with Crippen molar-refractivity contribution in [2.75, 3.05) is 45.2 Å². The highest BCUT2D eigenvalue weighted by atomic mass is 16.1. The van der Waals surface area contributed by atoms with Crippen LogP contribution in [-0.4, -0.2) is 56.1 Å². The van der Waals surface area contributed by atoms with Crippen LogP contribution in [0.25, 0.3) is 0 Å². The Morgan fingerprint density at radius 3 is 2.32 bits per heavy atom. The summed E-state index contributed by atoms with van der Waals surface area (Å²) in [4.78, 5) is 20.8. The van der Waals surface area contributed by atoms with Crippen molar-refractivity contribution < 1.29 is 4.79 Å². The van der Waals surface area contributed by atoms with E-state index in [1.165, 1.54) is 0 Å². The smallest absolute Gasteiger partial charge is 0.269 e. The van der Waals surface area contributed by atoms with Crippen LogP contribution >= 0.6 is 0 Å². The predicted molar refractivity (Wildman–Crippen MR) is 92.5 cm³/mol. The summed E-state index contributed by atoms with van der Waals surface area (Å²) in [5.41, 5.74) is 1.58. The Balaban J connectivity index is 2.53. The summed E-state index contributed by atoms with van der Waals surface area (Å²) in [6.07, 6.45) is 4.96. The number of hydrogen-bond donors (Lipinski definition) is 1. The van der Waals surface area contributed by atoms with Crippen molar-refractivity contribution in [1.29, 1.82) is 0 Å². The van der Waals surface area contributed by atoms with Gasteiger partial charge in [0, 0.05) is 19.6 Å². The number of aromatic nitrogens is 1. The van der Waals surface area contributed by atoms with E-state index in [9.17, 15) is 4.79 Å². The quantitative estimate of drug-likeness (QED) is 0.674. The molecular weight excluding hydrogens is 276 g/mol. The monoisotopic (exact) mass is 306 g/mol. The van der Waals surface area contributed by atoms with Gasteiger partial charge in [0.15, 0.2) is 0 Å². The van der Waals surface area contributed by atoms with Gasteiger partial charge in [-0.05, 0) is 52.0 Å². The van der Waals surface area contributed by atoms with Gasteiger partial charge in [0.1, 0.15) is 5.69 Å². The zero-order valence-electron chi connectivity index (χ0n) is 14.4. The normalized spacial score (nSPS) is 10.8. The van der Waals surface area contributed by atoms with E-state index in [1.54, 1.807) is 6.20 Å². The number of hydrogen-bond acceptors (Lipinski definition) is 4.